The van der Waals surface area contributed by atoms with E-state index in [1.165, 1.54) is 34.6 Å². The van der Waals surface area contributed by atoms with Crippen LogP contribution in [-0.4, -0.2) is 5.91 Å². The topological polar surface area (TPSA) is 29.1 Å². The molecule has 1 N–H and O–H groups in total. The molecule has 124 valence electrons. The van der Waals surface area contributed by atoms with Crippen molar-refractivity contribution in [2.24, 2.45) is 5.92 Å². The lowest BCUT2D eigenvalue weighted by atomic mass is 9.88. The first-order valence-corrected chi connectivity index (χ1v) is 10.3. The summed E-state index contributed by atoms with van der Waals surface area (Å²) in [6.45, 7) is 2.33. The minimum atomic E-state index is -0.0708. The third kappa shape index (κ3) is 3.03. The first kappa shape index (κ1) is 16.2. The molecule has 24 heavy (non-hydrogen) atoms. The Labute approximate surface area is 155 Å². The summed E-state index contributed by atoms with van der Waals surface area (Å²) in [5.74, 6) is 1.60. The summed E-state index contributed by atoms with van der Waals surface area (Å²) in [6, 6.07) is 7.34. The predicted molar refractivity (Wildman–Crippen MR) is 105 cm³/mol. The van der Waals surface area contributed by atoms with Crippen LogP contribution in [0.5, 0.6) is 0 Å². The van der Waals surface area contributed by atoms with Gasteiger partial charge in [-0.05, 0) is 54.5 Å². The minimum absolute atomic E-state index is 0.0708. The summed E-state index contributed by atoms with van der Waals surface area (Å²) in [5.41, 5.74) is 3.68. The summed E-state index contributed by atoms with van der Waals surface area (Å²) in [4.78, 5) is 16.1. The number of rotatable bonds is 2. The highest BCUT2D eigenvalue weighted by Crippen LogP contribution is 2.43. The average Bonchev–Trinajstić information content (AvgIpc) is 2.93. The molecule has 0 bridgehead atoms. The van der Waals surface area contributed by atoms with Crippen molar-refractivity contribution in [3.63, 3.8) is 0 Å². The Morgan fingerprint density at radius 2 is 2.12 bits per heavy atom. The van der Waals surface area contributed by atoms with E-state index in [9.17, 15) is 4.79 Å². The van der Waals surface area contributed by atoms with E-state index in [2.05, 4.69) is 18.3 Å². The Bertz CT molecular complexity index is 840. The highest BCUT2D eigenvalue weighted by molar-refractivity contribution is 8.03. The molecule has 1 aromatic heterocycles. The van der Waals surface area contributed by atoms with Gasteiger partial charge in [-0.2, -0.15) is 0 Å². The van der Waals surface area contributed by atoms with E-state index in [1.807, 2.05) is 29.5 Å². The van der Waals surface area contributed by atoms with Crippen molar-refractivity contribution in [1.29, 1.82) is 0 Å². The number of nitrogens with one attached hydrogen (secondary N) is 1. The number of hydrogen-bond donors (Lipinski definition) is 1. The van der Waals surface area contributed by atoms with Crippen LogP contribution in [0.4, 0.5) is 5.69 Å². The Balaban J connectivity index is 1.59. The molecule has 0 spiro atoms. The zero-order chi connectivity index (χ0) is 16.7. The summed E-state index contributed by atoms with van der Waals surface area (Å²) in [7, 11) is 0. The lowest BCUT2D eigenvalue weighted by Gasteiger charge is -2.20. The van der Waals surface area contributed by atoms with Crippen LogP contribution in [0.15, 0.2) is 29.2 Å². The Morgan fingerprint density at radius 3 is 2.96 bits per heavy atom. The minimum Gasteiger partial charge on any atom is -0.320 e. The molecule has 4 rings (SSSR count). The number of anilines is 1. The normalized spacial score (nSPS) is 19.2. The molecule has 0 fully saturated rings. The van der Waals surface area contributed by atoms with E-state index in [4.69, 9.17) is 11.6 Å². The summed E-state index contributed by atoms with van der Waals surface area (Å²) < 4.78 is 0. The van der Waals surface area contributed by atoms with Gasteiger partial charge in [0, 0.05) is 15.5 Å². The number of amides is 1. The van der Waals surface area contributed by atoms with Crippen LogP contribution in [0.25, 0.3) is 6.08 Å². The van der Waals surface area contributed by atoms with Gasteiger partial charge >= 0.3 is 0 Å². The number of fused-ring (bicyclic) bond motifs is 3. The smallest absolute Gasteiger partial charge is 0.262 e. The monoisotopic (exact) mass is 375 g/mol. The molecule has 1 atom stereocenters. The molecule has 2 heterocycles. The second-order valence-corrected chi connectivity index (χ2v) is 8.99. The van der Waals surface area contributed by atoms with Gasteiger partial charge in [0.15, 0.2) is 0 Å². The van der Waals surface area contributed by atoms with E-state index < -0.39 is 0 Å². The fourth-order valence-electron chi connectivity index (χ4n) is 3.30. The molecule has 0 unspecified atom stereocenters. The zero-order valence-corrected chi connectivity index (χ0v) is 15.8. The van der Waals surface area contributed by atoms with Crippen molar-refractivity contribution in [1.82, 2.24) is 0 Å². The standard InChI is InChI=1S/C19H18ClNOS2/c1-11-6-7-12-13-10-23-18(9-17(13)24-16(12)8-11)19(22)21-15-5-3-2-4-14(15)20/h2-5,9,11H,6-8,10H2,1H3,(H,21,22)/t11-/m1/s1. The summed E-state index contributed by atoms with van der Waals surface area (Å²) in [5, 5.41) is 3.49. The van der Waals surface area contributed by atoms with Gasteiger partial charge in [0.1, 0.15) is 0 Å². The van der Waals surface area contributed by atoms with Crippen LogP contribution in [0, 0.1) is 5.92 Å². The molecule has 2 aromatic rings. The SMILES string of the molecule is C[C@@H]1CCc2c(sc3c2CSC(C(=O)Nc2ccccc2Cl)=C3)C1. The zero-order valence-electron chi connectivity index (χ0n) is 13.4. The molecule has 2 aliphatic rings. The highest BCUT2D eigenvalue weighted by Gasteiger charge is 2.27. The number of carbonyl (C=O) groups excluding carboxylic acids is 1. The van der Waals surface area contributed by atoms with Gasteiger partial charge in [0.05, 0.1) is 15.6 Å². The van der Waals surface area contributed by atoms with Crippen molar-refractivity contribution < 1.29 is 4.79 Å². The second kappa shape index (κ2) is 6.58. The Hall–Kier alpha value is -1.23. The number of carbonyl (C=O) groups is 1. The maximum Gasteiger partial charge on any atom is 0.262 e. The maximum atomic E-state index is 12.6. The molecule has 5 heteroatoms. The van der Waals surface area contributed by atoms with Crippen molar-refractivity contribution >= 4 is 52.4 Å². The van der Waals surface area contributed by atoms with E-state index in [-0.39, 0.29) is 5.91 Å². The number of hydrogen-bond acceptors (Lipinski definition) is 3. The number of benzene rings is 1. The molecule has 1 aliphatic heterocycles. The van der Waals surface area contributed by atoms with Crippen molar-refractivity contribution in [2.75, 3.05) is 5.32 Å². The fraction of sp³-hybridized carbons (Fsp3) is 0.316. The maximum absolute atomic E-state index is 12.6. The average molecular weight is 376 g/mol. The van der Waals surface area contributed by atoms with Gasteiger partial charge in [0.2, 0.25) is 0 Å². The van der Waals surface area contributed by atoms with E-state index in [1.54, 1.807) is 23.4 Å². The third-order valence-corrected chi connectivity index (χ3v) is 7.25. The van der Waals surface area contributed by atoms with Crippen LogP contribution in [0.3, 0.4) is 0 Å². The summed E-state index contributed by atoms with van der Waals surface area (Å²) >= 11 is 9.64. The van der Waals surface area contributed by atoms with Crippen LogP contribution < -0.4 is 5.32 Å². The van der Waals surface area contributed by atoms with E-state index in [0.717, 1.165) is 16.6 Å². The number of halogens is 1. The molecular formula is C19H18ClNOS2. The Morgan fingerprint density at radius 1 is 1.29 bits per heavy atom. The van der Waals surface area contributed by atoms with Gasteiger partial charge in [-0.25, -0.2) is 0 Å². The Kier molecular flexibility index (Phi) is 4.46. The van der Waals surface area contributed by atoms with Gasteiger partial charge in [0.25, 0.3) is 5.91 Å². The first-order chi connectivity index (χ1) is 11.6. The van der Waals surface area contributed by atoms with Gasteiger partial charge < -0.3 is 5.32 Å². The molecule has 2 nitrogen and oxygen atoms in total. The summed E-state index contributed by atoms with van der Waals surface area (Å²) in [6.07, 6.45) is 5.72. The van der Waals surface area contributed by atoms with Crippen LogP contribution in [0.1, 0.15) is 34.2 Å². The van der Waals surface area contributed by atoms with E-state index in [0.29, 0.717) is 10.7 Å². The van der Waals surface area contributed by atoms with Gasteiger partial charge in [-0.1, -0.05) is 30.7 Å². The number of thioether (sulfide) groups is 1. The van der Waals surface area contributed by atoms with Crippen LogP contribution >= 0.6 is 34.7 Å². The lowest BCUT2D eigenvalue weighted by Crippen LogP contribution is -2.15. The van der Waals surface area contributed by atoms with Crippen molar-refractivity contribution in [2.45, 2.75) is 31.9 Å². The fourth-order valence-corrected chi connectivity index (χ4v) is 6.14. The molecule has 0 radical (unpaired) electrons. The van der Waals surface area contributed by atoms with Crippen LogP contribution in [0.2, 0.25) is 5.02 Å². The van der Waals surface area contributed by atoms with Crippen LogP contribution in [-0.2, 0) is 23.4 Å². The van der Waals surface area contributed by atoms with Gasteiger partial charge in [-0.3, -0.25) is 4.79 Å². The lowest BCUT2D eigenvalue weighted by molar-refractivity contribution is -0.112. The molecule has 1 amide bonds. The largest absolute Gasteiger partial charge is 0.320 e. The molecule has 0 saturated carbocycles. The second-order valence-electron chi connectivity index (χ2n) is 6.43. The molecule has 1 aliphatic carbocycles. The van der Waals surface area contributed by atoms with Crippen molar-refractivity contribution in [3.05, 3.63) is 55.1 Å². The molecule has 0 saturated heterocycles. The number of para-hydroxylation sites is 1. The van der Waals surface area contributed by atoms with Crippen molar-refractivity contribution in [3.8, 4) is 0 Å². The predicted octanol–water partition coefficient (Wildman–Crippen LogP) is 5.75. The quantitative estimate of drug-likeness (QED) is 0.723. The first-order valence-electron chi connectivity index (χ1n) is 8.15. The van der Waals surface area contributed by atoms with E-state index >= 15 is 0 Å². The van der Waals surface area contributed by atoms with Gasteiger partial charge in [-0.15, -0.1) is 23.1 Å². The molecule has 1 aromatic carbocycles. The third-order valence-electron chi connectivity index (χ3n) is 4.63. The molecular weight excluding hydrogens is 358 g/mol. The highest BCUT2D eigenvalue weighted by atomic mass is 35.5. The number of thiophene rings is 1.